The lowest BCUT2D eigenvalue weighted by atomic mass is 10.1. The fourth-order valence-electron chi connectivity index (χ4n) is 2.30. The van der Waals surface area contributed by atoms with Crippen LogP contribution >= 0.6 is 0 Å². The van der Waals surface area contributed by atoms with Crippen LogP contribution in [0.5, 0.6) is 0 Å². The number of amides is 1. The first kappa shape index (κ1) is 13.6. The van der Waals surface area contributed by atoms with Crippen LogP contribution in [0.15, 0.2) is 24.3 Å². The zero-order chi connectivity index (χ0) is 13.7. The van der Waals surface area contributed by atoms with Gasteiger partial charge in [-0.25, -0.2) is 0 Å². The first-order valence-corrected chi connectivity index (χ1v) is 6.85. The summed E-state index contributed by atoms with van der Waals surface area (Å²) in [6.07, 6.45) is 3.48. The van der Waals surface area contributed by atoms with Crippen molar-refractivity contribution in [3.63, 3.8) is 0 Å². The smallest absolute Gasteiger partial charge is 0.252 e. The van der Waals surface area contributed by atoms with Gasteiger partial charge < -0.3 is 11.1 Å². The minimum Gasteiger partial charge on any atom is -0.349 e. The van der Waals surface area contributed by atoms with E-state index in [0.29, 0.717) is 24.1 Å². The fourth-order valence-corrected chi connectivity index (χ4v) is 2.30. The second kappa shape index (κ2) is 6.40. The Kier molecular flexibility index (Phi) is 4.59. The Morgan fingerprint density at radius 3 is 3.00 bits per heavy atom. The molecule has 100 valence electrons. The first-order valence-electron chi connectivity index (χ1n) is 6.85. The van der Waals surface area contributed by atoms with Gasteiger partial charge in [0.05, 0.1) is 12.1 Å². The second-order valence-corrected chi connectivity index (χ2v) is 4.92. The standard InChI is InChI=1S/C16H20N2O/c1-2-6-13-11-15(13)18-16(19)14-9-4-3-7-12(14)8-5-10-17/h3-4,7,9,13,15H,2,6,10-11,17H2,1H3,(H,18,19). The average molecular weight is 256 g/mol. The molecule has 0 aromatic heterocycles. The molecule has 1 aliphatic carbocycles. The SMILES string of the molecule is CCCC1CC1NC(=O)c1ccccc1C#CCN. The summed E-state index contributed by atoms with van der Waals surface area (Å²) >= 11 is 0. The maximum Gasteiger partial charge on any atom is 0.252 e. The molecule has 0 bridgehead atoms. The summed E-state index contributed by atoms with van der Waals surface area (Å²) < 4.78 is 0. The minimum atomic E-state index is -0.0227. The zero-order valence-electron chi connectivity index (χ0n) is 11.3. The van der Waals surface area contributed by atoms with E-state index in [0.717, 1.165) is 12.0 Å². The molecule has 0 spiro atoms. The lowest BCUT2D eigenvalue weighted by molar-refractivity contribution is 0.0948. The number of hydrogen-bond acceptors (Lipinski definition) is 2. The van der Waals surface area contributed by atoms with Gasteiger partial charge in [0.25, 0.3) is 5.91 Å². The van der Waals surface area contributed by atoms with Crippen molar-refractivity contribution in [2.24, 2.45) is 11.7 Å². The Hall–Kier alpha value is -1.79. The molecule has 1 aliphatic rings. The Labute approximate surface area is 114 Å². The summed E-state index contributed by atoms with van der Waals surface area (Å²) in [6.45, 7) is 2.48. The van der Waals surface area contributed by atoms with E-state index < -0.39 is 0 Å². The van der Waals surface area contributed by atoms with Gasteiger partial charge in [0.1, 0.15) is 0 Å². The number of nitrogens with two attached hydrogens (primary N) is 1. The summed E-state index contributed by atoms with van der Waals surface area (Å²) in [5.41, 5.74) is 6.76. The summed E-state index contributed by atoms with van der Waals surface area (Å²) in [5.74, 6) is 6.38. The van der Waals surface area contributed by atoms with Crippen molar-refractivity contribution >= 4 is 5.91 Å². The molecule has 3 heteroatoms. The summed E-state index contributed by atoms with van der Waals surface area (Å²) in [5, 5.41) is 3.08. The second-order valence-electron chi connectivity index (χ2n) is 4.92. The third kappa shape index (κ3) is 3.59. The van der Waals surface area contributed by atoms with Crippen molar-refractivity contribution in [3.05, 3.63) is 35.4 Å². The molecule has 1 fully saturated rings. The highest BCUT2D eigenvalue weighted by Gasteiger charge is 2.37. The molecule has 1 aromatic carbocycles. The summed E-state index contributed by atoms with van der Waals surface area (Å²) in [6, 6.07) is 7.76. The van der Waals surface area contributed by atoms with E-state index in [9.17, 15) is 4.79 Å². The van der Waals surface area contributed by atoms with Crippen molar-refractivity contribution < 1.29 is 4.79 Å². The van der Waals surface area contributed by atoms with E-state index in [2.05, 4.69) is 24.1 Å². The molecule has 19 heavy (non-hydrogen) atoms. The Balaban J connectivity index is 2.03. The molecule has 2 rings (SSSR count). The van der Waals surface area contributed by atoms with Crippen molar-refractivity contribution in [3.8, 4) is 11.8 Å². The van der Waals surface area contributed by atoms with Gasteiger partial charge in [0, 0.05) is 11.6 Å². The summed E-state index contributed by atoms with van der Waals surface area (Å²) in [7, 11) is 0. The molecule has 3 nitrogen and oxygen atoms in total. The van der Waals surface area contributed by atoms with Crippen molar-refractivity contribution in [2.75, 3.05) is 6.54 Å². The Morgan fingerprint density at radius 2 is 2.26 bits per heavy atom. The van der Waals surface area contributed by atoms with Gasteiger partial charge in [-0.1, -0.05) is 37.3 Å². The van der Waals surface area contributed by atoms with Crippen molar-refractivity contribution in [2.45, 2.75) is 32.2 Å². The van der Waals surface area contributed by atoms with E-state index in [1.807, 2.05) is 24.3 Å². The van der Waals surface area contributed by atoms with Gasteiger partial charge in [-0.3, -0.25) is 4.79 Å². The van der Waals surface area contributed by atoms with Gasteiger partial charge in [-0.05, 0) is 30.9 Å². The molecule has 0 heterocycles. The molecular formula is C16H20N2O. The van der Waals surface area contributed by atoms with Crippen LogP contribution in [0.3, 0.4) is 0 Å². The molecule has 1 amide bonds. The molecule has 1 aromatic rings. The predicted molar refractivity (Wildman–Crippen MR) is 76.6 cm³/mol. The molecule has 0 radical (unpaired) electrons. The molecule has 0 saturated heterocycles. The quantitative estimate of drug-likeness (QED) is 0.809. The van der Waals surface area contributed by atoms with Gasteiger partial charge in [0.2, 0.25) is 0 Å². The Morgan fingerprint density at radius 1 is 1.47 bits per heavy atom. The van der Waals surface area contributed by atoms with Crippen LogP contribution in [-0.2, 0) is 0 Å². The van der Waals surface area contributed by atoms with Crippen LogP contribution in [0.1, 0.15) is 42.1 Å². The maximum atomic E-state index is 12.2. The molecule has 0 aliphatic heterocycles. The van der Waals surface area contributed by atoms with Crippen molar-refractivity contribution in [1.82, 2.24) is 5.32 Å². The molecule has 2 atom stereocenters. The summed E-state index contributed by atoms with van der Waals surface area (Å²) in [4.78, 5) is 12.2. The first-order chi connectivity index (χ1) is 9.26. The minimum absolute atomic E-state index is 0.0227. The number of carbonyl (C=O) groups is 1. The van der Waals surface area contributed by atoms with Crippen LogP contribution < -0.4 is 11.1 Å². The van der Waals surface area contributed by atoms with Crippen LogP contribution in [0.25, 0.3) is 0 Å². The monoisotopic (exact) mass is 256 g/mol. The number of benzene rings is 1. The lowest BCUT2D eigenvalue weighted by Crippen LogP contribution is -2.27. The number of rotatable bonds is 4. The van der Waals surface area contributed by atoms with Crippen LogP contribution in [0, 0.1) is 17.8 Å². The van der Waals surface area contributed by atoms with Gasteiger partial charge in [-0.15, -0.1) is 0 Å². The molecule has 2 unspecified atom stereocenters. The maximum absolute atomic E-state index is 12.2. The highest BCUT2D eigenvalue weighted by Crippen LogP contribution is 2.34. The van der Waals surface area contributed by atoms with E-state index in [1.165, 1.54) is 12.8 Å². The third-order valence-electron chi connectivity index (χ3n) is 3.40. The van der Waals surface area contributed by atoms with E-state index in [1.54, 1.807) is 0 Å². The lowest BCUT2D eigenvalue weighted by Gasteiger charge is -2.06. The highest BCUT2D eigenvalue weighted by atomic mass is 16.1. The van der Waals surface area contributed by atoms with Gasteiger partial charge in [-0.2, -0.15) is 0 Å². The normalized spacial score (nSPS) is 20.3. The average Bonchev–Trinajstić information content (AvgIpc) is 3.15. The predicted octanol–water partition coefficient (Wildman–Crippen LogP) is 1.92. The van der Waals surface area contributed by atoms with Crippen molar-refractivity contribution in [1.29, 1.82) is 0 Å². The number of hydrogen-bond donors (Lipinski definition) is 2. The van der Waals surface area contributed by atoms with Gasteiger partial charge in [0.15, 0.2) is 0 Å². The van der Waals surface area contributed by atoms with E-state index in [-0.39, 0.29) is 5.91 Å². The molecule has 1 saturated carbocycles. The van der Waals surface area contributed by atoms with E-state index >= 15 is 0 Å². The molecular weight excluding hydrogens is 236 g/mol. The molecule has 3 N–H and O–H groups in total. The third-order valence-corrected chi connectivity index (χ3v) is 3.40. The van der Waals surface area contributed by atoms with E-state index in [4.69, 9.17) is 5.73 Å². The largest absolute Gasteiger partial charge is 0.349 e. The van der Waals surface area contributed by atoms with Crippen LogP contribution in [0.4, 0.5) is 0 Å². The zero-order valence-corrected chi connectivity index (χ0v) is 11.3. The fraction of sp³-hybridized carbons (Fsp3) is 0.438. The van der Waals surface area contributed by atoms with Gasteiger partial charge >= 0.3 is 0 Å². The van der Waals surface area contributed by atoms with Crippen LogP contribution in [-0.4, -0.2) is 18.5 Å². The highest BCUT2D eigenvalue weighted by molar-refractivity contribution is 5.97. The van der Waals surface area contributed by atoms with Crippen LogP contribution in [0.2, 0.25) is 0 Å². The number of nitrogens with one attached hydrogen (secondary N) is 1. The Bertz CT molecular complexity index is 513. The topological polar surface area (TPSA) is 55.1 Å². The number of carbonyl (C=O) groups excluding carboxylic acids is 1.